The first-order valence-corrected chi connectivity index (χ1v) is 12.8. The van der Waals surface area contributed by atoms with Gasteiger partial charge in [-0.1, -0.05) is 13.0 Å². The van der Waals surface area contributed by atoms with Gasteiger partial charge in [0.05, 0.1) is 19.2 Å². The molecule has 5 rings (SSSR count). The summed E-state index contributed by atoms with van der Waals surface area (Å²) in [5.41, 5.74) is 2.98. The number of carbonyl (C=O) groups is 2. The Balaban J connectivity index is 1.42. The normalized spacial score (nSPS) is 21.5. The average molecular weight is 508 g/mol. The zero-order valence-corrected chi connectivity index (χ0v) is 21.5. The molecule has 0 radical (unpaired) electrons. The van der Waals surface area contributed by atoms with Crippen LogP contribution < -0.4 is 14.2 Å². The van der Waals surface area contributed by atoms with Gasteiger partial charge in [-0.05, 0) is 61.6 Å². The number of amides is 2. The van der Waals surface area contributed by atoms with E-state index in [2.05, 4.69) is 11.1 Å². The summed E-state index contributed by atoms with van der Waals surface area (Å²) in [6.45, 7) is 4.47. The van der Waals surface area contributed by atoms with Gasteiger partial charge in [0, 0.05) is 31.3 Å². The van der Waals surface area contributed by atoms with Gasteiger partial charge < -0.3 is 29.1 Å². The van der Waals surface area contributed by atoms with Crippen molar-refractivity contribution in [3.8, 4) is 17.4 Å². The molecule has 3 aliphatic rings. The molecule has 0 spiro atoms. The number of aliphatic hydroxyl groups excluding tert-OH is 1. The van der Waals surface area contributed by atoms with Crippen molar-refractivity contribution in [1.29, 1.82) is 0 Å². The van der Waals surface area contributed by atoms with Crippen LogP contribution in [0, 0.1) is 5.92 Å². The van der Waals surface area contributed by atoms with Crippen LogP contribution in [0.3, 0.4) is 0 Å². The molecule has 3 atom stereocenters. The van der Waals surface area contributed by atoms with Crippen LogP contribution in [0.2, 0.25) is 0 Å². The molecule has 1 aromatic carbocycles. The van der Waals surface area contributed by atoms with Crippen molar-refractivity contribution in [2.75, 3.05) is 33.5 Å². The molecule has 37 heavy (non-hydrogen) atoms. The predicted molar refractivity (Wildman–Crippen MR) is 137 cm³/mol. The maximum Gasteiger partial charge on any atom is 0.259 e. The third-order valence-corrected chi connectivity index (χ3v) is 7.35. The molecule has 2 amide bonds. The van der Waals surface area contributed by atoms with E-state index >= 15 is 0 Å². The smallest absolute Gasteiger partial charge is 0.259 e. The van der Waals surface area contributed by atoms with E-state index < -0.39 is 6.10 Å². The Hall–Kier alpha value is -3.59. The van der Waals surface area contributed by atoms with Gasteiger partial charge in [-0.2, -0.15) is 0 Å². The summed E-state index contributed by atoms with van der Waals surface area (Å²) < 4.78 is 17.1. The summed E-state index contributed by atoms with van der Waals surface area (Å²) in [5, 5.41) is 9.88. The lowest BCUT2D eigenvalue weighted by atomic mass is 9.99. The van der Waals surface area contributed by atoms with Crippen molar-refractivity contribution in [1.82, 2.24) is 14.8 Å². The minimum absolute atomic E-state index is 0.128. The number of benzene rings is 1. The van der Waals surface area contributed by atoms with E-state index in [1.807, 2.05) is 19.9 Å². The monoisotopic (exact) mass is 507 g/mol. The molecule has 0 bridgehead atoms. The first kappa shape index (κ1) is 25.1. The van der Waals surface area contributed by atoms with Crippen molar-refractivity contribution >= 4 is 17.4 Å². The predicted octanol–water partition coefficient (Wildman–Crippen LogP) is 3.37. The number of fused-ring (bicyclic) bond motifs is 2. The van der Waals surface area contributed by atoms with E-state index in [-0.39, 0.29) is 49.6 Å². The van der Waals surface area contributed by atoms with Gasteiger partial charge in [-0.25, -0.2) is 4.98 Å². The van der Waals surface area contributed by atoms with E-state index in [9.17, 15) is 14.7 Å². The van der Waals surface area contributed by atoms with Gasteiger partial charge in [0.15, 0.2) is 11.5 Å². The van der Waals surface area contributed by atoms with E-state index in [0.29, 0.717) is 29.2 Å². The van der Waals surface area contributed by atoms with Crippen LogP contribution in [0.4, 0.5) is 0 Å². The summed E-state index contributed by atoms with van der Waals surface area (Å²) in [6, 6.07) is 6.62. The van der Waals surface area contributed by atoms with Gasteiger partial charge in [-0.15, -0.1) is 0 Å². The highest BCUT2D eigenvalue weighted by molar-refractivity contribution is 5.98. The van der Waals surface area contributed by atoms with Crippen LogP contribution in [0.5, 0.6) is 17.4 Å². The number of aromatic nitrogens is 1. The number of likely N-dealkylation sites (N-methyl/N-ethyl adjacent to an activating group) is 1. The minimum atomic E-state index is -0.424. The molecule has 9 heteroatoms. The second-order valence-corrected chi connectivity index (χ2v) is 10.1. The molecule has 9 nitrogen and oxygen atoms in total. The van der Waals surface area contributed by atoms with E-state index in [1.54, 1.807) is 41.2 Å². The molecular formula is C28H33N3O6. The van der Waals surface area contributed by atoms with Gasteiger partial charge in [-0.3, -0.25) is 9.59 Å². The number of carbonyl (C=O) groups excluding carboxylic acids is 2. The molecule has 2 aliphatic heterocycles. The third kappa shape index (κ3) is 5.00. The van der Waals surface area contributed by atoms with Crippen LogP contribution in [0.15, 0.2) is 36.5 Å². The van der Waals surface area contributed by atoms with Crippen molar-refractivity contribution < 1.29 is 28.9 Å². The summed E-state index contributed by atoms with van der Waals surface area (Å²) in [7, 11) is 1.73. The molecule has 0 saturated heterocycles. The fourth-order valence-corrected chi connectivity index (χ4v) is 5.03. The lowest BCUT2D eigenvalue weighted by Crippen LogP contribution is -2.50. The number of rotatable bonds is 6. The maximum absolute atomic E-state index is 13.6. The highest BCUT2D eigenvalue weighted by Gasteiger charge is 2.35. The van der Waals surface area contributed by atoms with Crippen molar-refractivity contribution in [2.24, 2.45) is 5.92 Å². The fraction of sp³-hybridized carbons (Fsp3) is 0.464. The molecule has 196 valence electrons. The number of pyridine rings is 1. The fourth-order valence-electron chi connectivity index (χ4n) is 5.03. The van der Waals surface area contributed by atoms with Gasteiger partial charge in [0.1, 0.15) is 11.7 Å². The molecule has 0 saturated carbocycles. The highest BCUT2D eigenvalue weighted by Crippen LogP contribution is 2.34. The molecule has 1 aliphatic carbocycles. The molecule has 0 unspecified atom stereocenters. The molecule has 2 aromatic rings. The summed E-state index contributed by atoms with van der Waals surface area (Å²) in [4.78, 5) is 34.7. The van der Waals surface area contributed by atoms with E-state index in [0.717, 1.165) is 24.8 Å². The van der Waals surface area contributed by atoms with E-state index in [1.165, 1.54) is 5.57 Å². The number of aliphatic hydroxyl groups is 1. The third-order valence-electron chi connectivity index (χ3n) is 7.35. The maximum atomic E-state index is 13.6. The second-order valence-electron chi connectivity index (χ2n) is 10.1. The summed E-state index contributed by atoms with van der Waals surface area (Å²) >= 11 is 0. The number of nitrogens with zero attached hydrogens (tertiary/aromatic N) is 3. The van der Waals surface area contributed by atoms with Crippen molar-refractivity contribution in [2.45, 2.75) is 45.3 Å². The van der Waals surface area contributed by atoms with Crippen LogP contribution in [-0.2, 0) is 0 Å². The minimum Gasteiger partial charge on any atom is -0.472 e. The lowest BCUT2D eigenvalue weighted by Gasteiger charge is -2.37. The molecular weight excluding hydrogens is 474 g/mol. The zero-order valence-electron chi connectivity index (χ0n) is 21.5. The molecule has 0 fully saturated rings. The van der Waals surface area contributed by atoms with Gasteiger partial charge in [0.25, 0.3) is 11.8 Å². The quantitative estimate of drug-likeness (QED) is 0.640. The van der Waals surface area contributed by atoms with Gasteiger partial charge in [0.2, 0.25) is 12.7 Å². The lowest BCUT2D eigenvalue weighted by molar-refractivity contribution is 0.0313. The molecule has 1 aromatic heterocycles. The summed E-state index contributed by atoms with van der Waals surface area (Å²) in [6.07, 6.45) is 6.59. The molecule has 3 heterocycles. The Kier molecular flexibility index (Phi) is 7.06. The van der Waals surface area contributed by atoms with Gasteiger partial charge >= 0.3 is 0 Å². The van der Waals surface area contributed by atoms with Crippen LogP contribution >= 0.6 is 0 Å². The Morgan fingerprint density at radius 3 is 2.84 bits per heavy atom. The number of hydrogen-bond acceptors (Lipinski definition) is 7. The number of ether oxygens (including phenoxy) is 3. The van der Waals surface area contributed by atoms with Crippen LogP contribution in [0.25, 0.3) is 5.57 Å². The first-order valence-electron chi connectivity index (χ1n) is 12.8. The number of allylic oxidation sites excluding steroid dienone is 2. The largest absolute Gasteiger partial charge is 0.472 e. The van der Waals surface area contributed by atoms with Crippen LogP contribution in [0.1, 0.15) is 59.4 Å². The molecule has 1 N–H and O–H groups in total. The Labute approximate surface area is 216 Å². The van der Waals surface area contributed by atoms with Crippen LogP contribution in [-0.4, -0.2) is 77.4 Å². The zero-order chi connectivity index (χ0) is 26.1. The van der Waals surface area contributed by atoms with Crippen molar-refractivity contribution in [3.05, 3.63) is 53.2 Å². The standard InChI is InChI=1S/C28H33N3O6/c1-17-13-31(18(2)15-32)28(34)22-10-21(19-6-4-5-7-19)12-29-26(22)37-25(17)14-30(3)27(33)20-8-9-23-24(11-20)36-16-35-23/h6,8-12,17-18,25,32H,4-5,7,13-16H2,1-3H3/t17-,18-,25-/m0/s1. The first-order chi connectivity index (χ1) is 17.9. The Morgan fingerprint density at radius 1 is 1.27 bits per heavy atom. The average Bonchev–Trinajstić information content (AvgIpc) is 3.61. The number of hydrogen-bond donors (Lipinski definition) is 1. The topological polar surface area (TPSA) is 101 Å². The Bertz CT molecular complexity index is 1230. The van der Waals surface area contributed by atoms with Crippen molar-refractivity contribution in [3.63, 3.8) is 0 Å². The highest BCUT2D eigenvalue weighted by atomic mass is 16.7. The SMILES string of the molecule is C[C@H]1CN([C@@H](C)CO)C(=O)c2cc(C3=CCCC3)cnc2O[C@H]1CN(C)C(=O)c1ccc2c(c1)OCO2. The van der Waals surface area contributed by atoms with E-state index in [4.69, 9.17) is 14.2 Å². The second kappa shape index (κ2) is 10.4. The summed E-state index contributed by atoms with van der Waals surface area (Å²) in [5.74, 6) is 0.909. The Morgan fingerprint density at radius 2 is 2.08 bits per heavy atom.